The van der Waals surface area contributed by atoms with Crippen LogP contribution in [0.2, 0.25) is 0 Å². The number of hydrogen-bond acceptors (Lipinski definition) is 4. The molecule has 6 heteroatoms. The van der Waals surface area contributed by atoms with Crippen LogP contribution in [0.25, 0.3) is 11.1 Å². The van der Waals surface area contributed by atoms with Gasteiger partial charge in [0.2, 0.25) is 0 Å². The minimum Gasteiger partial charge on any atom is -0.331 e. The molecular weight excluding hydrogens is 452 g/mol. The second kappa shape index (κ2) is 10.2. The molecule has 1 aromatic heterocycles. The van der Waals surface area contributed by atoms with E-state index < -0.39 is 0 Å². The lowest BCUT2D eigenvalue weighted by molar-refractivity contribution is -0.893. The predicted molar refractivity (Wildman–Crippen MR) is 141 cm³/mol. The van der Waals surface area contributed by atoms with Crippen molar-refractivity contribution in [3.63, 3.8) is 0 Å². The maximum absolute atomic E-state index is 13.2. The molecule has 1 unspecified atom stereocenters. The molecule has 5 rings (SSSR count). The number of carbonyl (C=O) groups is 1. The number of aromatic nitrogens is 3. The van der Waals surface area contributed by atoms with Crippen molar-refractivity contribution >= 4 is 17.5 Å². The average Bonchev–Trinajstić information content (AvgIpc) is 3.44. The van der Waals surface area contributed by atoms with Gasteiger partial charge in [-0.1, -0.05) is 85.4 Å². The van der Waals surface area contributed by atoms with E-state index in [1.165, 1.54) is 44.5 Å². The van der Waals surface area contributed by atoms with Crippen molar-refractivity contribution in [2.75, 3.05) is 19.8 Å². The monoisotopic (exact) mass is 483 g/mol. The Labute approximate surface area is 211 Å². The van der Waals surface area contributed by atoms with Gasteiger partial charge in [0.05, 0.1) is 26.4 Å². The van der Waals surface area contributed by atoms with Gasteiger partial charge in [0.1, 0.15) is 6.04 Å². The van der Waals surface area contributed by atoms with Crippen molar-refractivity contribution in [2.45, 2.75) is 37.5 Å². The summed E-state index contributed by atoms with van der Waals surface area (Å²) < 4.78 is 2.19. The van der Waals surface area contributed by atoms with Crippen molar-refractivity contribution in [3.05, 3.63) is 101 Å². The lowest BCUT2D eigenvalue weighted by Crippen LogP contribution is -3.06. The molecule has 0 spiro atoms. The fourth-order valence-corrected chi connectivity index (χ4v) is 5.78. The normalized spacial score (nSPS) is 13.0. The highest BCUT2D eigenvalue weighted by atomic mass is 32.2. The molecule has 1 atom stereocenters. The summed E-state index contributed by atoms with van der Waals surface area (Å²) in [5, 5.41) is 9.91. The van der Waals surface area contributed by atoms with Crippen LogP contribution >= 0.6 is 11.8 Å². The molecule has 0 fully saturated rings. The molecule has 1 aliphatic rings. The summed E-state index contributed by atoms with van der Waals surface area (Å²) in [6.45, 7) is 2.88. The molecule has 0 saturated heterocycles. The van der Waals surface area contributed by atoms with Gasteiger partial charge in [0.25, 0.3) is 0 Å². The Morgan fingerprint density at radius 1 is 0.971 bits per heavy atom. The topological polar surface area (TPSA) is 52.2 Å². The molecule has 0 amide bonds. The highest BCUT2D eigenvalue weighted by Gasteiger charge is 2.26. The van der Waals surface area contributed by atoms with E-state index in [1.54, 1.807) is 0 Å². The Balaban J connectivity index is 1.38. The SMILES string of the molecule is CCC(c1nnc(SCC(=O)c2ccc3c(c2)-c2ccccc2C3)n1Cc1ccccc1)[NH+](C)C. The van der Waals surface area contributed by atoms with E-state index in [1.807, 2.05) is 12.1 Å². The van der Waals surface area contributed by atoms with Crippen LogP contribution in [0.5, 0.6) is 0 Å². The molecule has 3 aromatic carbocycles. The Morgan fingerprint density at radius 3 is 2.49 bits per heavy atom. The number of rotatable bonds is 9. The molecule has 4 aromatic rings. The Hall–Kier alpha value is -3.22. The van der Waals surface area contributed by atoms with Gasteiger partial charge in [-0.2, -0.15) is 0 Å². The molecule has 5 nitrogen and oxygen atoms in total. The number of carbonyl (C=O) groups excluding carboxylic acids is 1. The van der Waals surface area contributed by atoms with Crippen molar-refractivity contribution in [1.82, 2.24) is 14.8 Å². The van der Waals surface area contributed by atoms with E-state index in [0.717, 1.165) is 29.4 Å². The molecule has 35 heavy (non-hydrogen) atoms. The van der Waals surface area contributed by atoms with Gasteiger partial charge in [-0.3, -0.25) is 9.36 Å². The van der Waals surface area contributed by atoms with Crippen LogP contribution in [-0.4, -0.2) is 40.4 Å². The van der Waals surface area contributed by atoms with E-state index in [2.05, 4.69) is 96.4 Å². The number of nitrogens with zero attached hydrogens (tertiary/aromatic N) is 3. The first-order valence-corrected chi connectivity index (χ1v) is 13.2. The van der Waals surface area contributed by atoms with E-state index in [0.29, 0.717) is 12.3 Å². The third-order valence-corrected chi connectivity index (χ3v) is 7.77. The third kappa shape index (κ3) is 4.81. The lowest BCUT2D eigenvalue weighted by atomic mass is 10.0. The number of fused-ring (bicyclic) bond motifs is 3. The van der Waals surface area contributed by atoms with E-state index >= 15 is 0 Å². The number of ketones is 1. The zero-order chi connectivity index (χ0) is 24.4. The first-order chi connectivity index (χ1) is 17.0. The summed E-state index contributed by atoms with van der Waals surface area (Å²) in [4.78, 5) is 14.5. The first kappa shape index (κ1) is 23.5. The summed E-state index contributed by atoms with van der Waals surface area (Å²) in [7, 11) is 4.30. The fourth-order valence-electron chi connectivity index (χ4n) is 4.94. The fraction of sp³-hybridized carbons (Fsp3) is 0.276. The second-order valence-electron chi connectivity index (χ2n) is 9.37. The summed E-state index contributed by atoms with van der Waals surface area (Å²) >= 11 is 1.48. The van der Waals surface area contributed by atoms with Crippen molar-refractivity contribution in [1.29, 1.82) is 0 Å². The molecule has 0 bridgehead atoms. The van der Waals surface area contributed by atoms with Crippen LogP contribution < -0.4 is 4.90 Å². The molecule has 1 aliphatic carbocycles. The molecule has 1 heterocycles. The molecule has 0 radical (unpaired) electrons. The van der Waals surface area contributed by atoms with Gasteiger partial charge in [0.15, 0.2) is 16.8 Å². The van der Waals surface area contributed by atoms with E-state index in [4.69, 9.17) is 0 Å². The van der Waals surface area contributed by atoms with Crippen molar-refractivity contribution in [3.8, 4) is 11.1 Å². The molecule has 0 saturated carbocycles. The zero-order valence-electron chi connectivity index (χ0n) is 20.5. The number of nitrogens with one attached hydrogen (secondary N) is 1. The summed E-state index contributed by atoms with van der Waals surface area (Å²) in [5.41, 5.74) is 7.00. The van der Waals surface area contributed by atoms with Crippen LogP contribution in [-0.2, 0) is 13.0 Å². The third-order valence-electron chi connectivity index (χ3n) is 6.80. The van der Waals surface area contributed by atoms with Gasteiger partial charge >= 0.3 is 0 Å². The average molecular weight is 484 g/mol. The number of thioether (sulfide) groups is 1. The maximum atomic E-state index is 13.2. The Kier molecular flexibility index (Phi) is 6.84. The summed E-state index contributed by atoms with van der Waals surface area (Å²) in [6, 6.07) is 25.2. The Bertz CT molecular complexity index is 1350. The summed E-state index contributed by atoms with van der Waals surface area (Å²) in [6.07, 6.45) is 1.90. The second-order valence-corrected chi connectivity index (χ2v) is 10.3. The largest absolute Gasteiger partial charge is 0.331 e. The first-order valence-electron chi connectivity index (χ1n) is 12.2. The predicted octanol–water partition coefficient (Wildman–Crippen LogP) is 4.47. The highest BCUT2D eigenvalue weighted by molar-refractivity contribution is 7.99. The number of Topliss-reactive ketones (excluding diaryl/α,β-unsaturated/α-hetero) is 1. The van der Waals surface area contributed by atoms with Crippen LogP contribution in [0.1, 0.15) is 52.3 Å². The van der Waals surface area contributed by atoms with Crippen molar-refractivity contribution < 1.29 is 9.69 Å². The smallest absolute Gasteiger partial charge is 0.192 e. The molecular formula is C29H31N4OS+. The van der Waals surface area contributed by atoms with Crippen molar-refractivity contribution in [2.24, 2.45) is 0 Å². The van der Waals surface area contributed by atoms with E-state index in [-0.39, 0.29) is 11.8 Å². The number of hydrogen-bond donors (Lipinski definition) is 1. The van der Waals surface area contributed by atoms with Gasteiger partial charge < -0.3 is 4.90 Å². The van der Waals surface area contributed by atoms with Crippen LogP contribution in [0.15, 0.2) is 78.0 Å². The minimum absolute atomic E-state index is 0.114. The van der Waals surface area contributed by atoms with Crippen LogP contribution in [0, 0.1) is 0 Å². The standard InChI is InChI=1S/C29H30N4OS/c1-4-26(32(2)3)28-30-31-29(33(28)18-20-10-6-5-7-11-20)35-19-27(34)23-15-14-22-16-21-12-8-9-13-24(21)25(22)17-23/h5-15,17,26H,4,16,18-19H2,1-3H3/p+1. The molecule has 0 aliphatic heterocycles. The minimum atomic E-state index is 0.114. The van der Waals surface area contributed by atoms with Gasteiger partial charge in [-0.05, 0) is 40.3 Å². The van der Waals surface area contributed by atoms with E-state index in [9.17, 15) is 4.79 Å². The quantitative estimate of drug-likeness (QED) is 0.248. The number of benzene rings is 3. The van der Waals surface area contributed by atoms with Gasteiger partial charge in [0, 0.05) is 12.0 Å². The van der Waals surface area contributed by atoms with Crippen LogP contribution in [0.3, 0.4) is 0 Å². The summed E-state index contributed by atoms with van der Waals surface area (Å²) in [5.74, 6) is 1.42. The zero-order valence-corrected chi connectivity index (χ0v) is 21.3. The molecule has 178 valence electrons. The number of quaternary nitrogens is 1. The van der Waals surface area contributed by atoms with Gasteiger partial charge in [-0.25, -0.2) is 0 Å². The lowest BCUT2D eigenvalue weighted by Gasteiger charge is -2.20. The molecule has 1 N–H and O–H groups in total. The maximum Gasteiger partial charge on any atom is 0.192 e. The highest BCUT2D eigenvalue weighted by Crippen LogP contribution is 2.37. The van der Waals surface area contributed by atoms with Crippen LogP contribution in [0.4, 0.5) is 0 Å². The van der Waals surface area contributed by atoms with Gasteiger partial charge in [-0.15, -0.1) is 10.2 Å². The Morgan fingerprint density at radius 2 is 1.71 bits per heavy atom.